The molecule has 10 aromatic rings. The average molecular weight is 981 g/mol. The van der Waals surface area contributed by atoms with E-state index in [9.17, 15) is 0 Å². The predicted molar refractivity (Wildman–Crippen MR) is 311 cm³/mol. The number of aromatic nitrogens is 2. The van der Waals surface area contributed by atoms with Crippen LogP contribution in [0.2, 0.25) is 0 Å². The summed E-state index contributed by atoms with van der Waals surface area (Å²) in [5.41, 5.74) is 18.8. The summed E-state index contributed by atoms with van der Waals surface area (Å²) in [7, 11) is 0. The molecule has 372 valence electrons. The second-order valence-corrected chi connectivity index (χ2v) is 23.0. The van der Waals surface area contributed by atoms with E-state index in [4.69, 9.17) is 14.5 Å². The van der Waals surface area contributed by atoms with Crippen molar-refractivity contribution in [3.63, 3.8) is 0 Å². The zero-order valence-corrected chi connectivity index (χ0v) is 44.0. The molecule has 3 heterocycles. The Labute approximate surface area is 441 Å². The summed E-state index contributed by atoms with van der Waals surface area (Å²) < 4.78 is 16.6. The second kappa shape index (κ2) is 18.4. The summed E-state index contributed by atoms with van der Waals surface area (Å²) in [6, 6.07) is 65.4. The van der Waals surface area contributed by atoms with Crippen LogP contribution >= 0.6 is 0 Å². The first-order valence-corrected chi connectivity index (χ1v) is 27.0. The van der Waals surface area contributed by atoms with E-state index in [-0.39, 0.29) is 10.8 Å². The zero-order valence-electron chi connectivity index (χ0n) is 44.0. The lowest BCUT2D eigenvalue weighted by Gasteiger charge is -2.36. The molecular weight excluding hydrogens is 917 g/mol. The lowest BCUT2D eigenvalue weighted by molar-refractivity contribution is 0.461. The SMILES string of the molecule is CC(C)(C)c1cc(N2CN(c3cccc(Oc4ccc5c6ccccc6n(-c6cc(Oc7c(-c8ccccc8)c8c9c(c7-c7ccccc7)CCCC9CCC8)ccn6)c5c4)c3)c3ccccc32)cc(C(C)(C)C)c1. The number of hydrogen-bond acceptors (Lipinski definition) is 5. The van der Waals surface area contributed by atoms with Gasteiger partial charge in [0.2, 0.25) is 0 Å². The zero-order chi connectivity index (χ0) is 51.0. The summed E-state index contributed by atoms with van der Waals surface area (Å²) in [5.74, 6) is 4.57. The Hall–Kier alpha value is -8.09. The van der Waals surface area contributed by atoms with E-state index in [1.165, 1.54) is 87.3 Å². The van der Waals surface area contributed by atoms with Gasteiger partial charge in [-0.05, 0) is 155 Å². The normalized spacial score (nSPS) is 14.6. The highest BCUT2D eigenvalue weighted by Gasteiger charge is 2.35. The van der Waals surface area contributed by atoms with E-state index < -0.39 is 0 Å². The smallest absolute Gasteiger partial charge is 0.143 e. The lowest BCUT2D eigenvalue weighted by atomic mass is 9.69. The number of anilines is 4. The second-order valence-electron chi connectivity index (χ2n) is 23.0. The van der Waals surface area contributed by atoms with Crippen molar-refractivity contribution in [3.05, 3.63) is 216 Å². The van der Waals surface area contributed by atoms with Crippen molar-refractivity contribution in [3.8, 4) is 51.1 Å². The Balaban J connectivity index is 0.869. The van der Waals surface area contributed by atoms with Crippen molar-refractivity contribution >= 4 is 44.6 Å². The average Bonchev–Trinajstić information content (AvgIpc) is 4.01. The van der Waals surface area contributed by atoms with Gasteiger partial charge in [0.25, 0.3) is 0 Å². The van der Waals surface area contributed by atoms with Crippen molar-refractivity contribution in [2.75, 3.05) is 16.5 Å². The molecule has 0 saturated carbocycles. The minimum absolute atomic E-state index is 0.00889. The molecule has 1 aliphatic heterocycles. The highest BCUT2D eigenvalue weighted by Crippen LogP contribution is 2.55. The molecule has 0 unspecified atom stereocenters. The summed E-state index contributed by atoms with van der Waals surface area (Å²) in [6.07, 6.45) is 8.92. The third-order valence-electron chi connectivity index (χ3n) is 16.1. The maximum atomic E-state index is 7.44. The summed E-state index contributed by atoms with van der Waals surface area (Å²) in [5, 5.41) is 2.27. The molecule has 0 atom stereocenters. The van der Waals surface area contributed by atoms with Crippen LogP contribution in [0.1, 0.15) is 101 Å². The first-order chi connectivity index (χ1) is 36.4. The molecule has 75 heavy (non-hydrogen) atoms. The van der Waals surface area contributed by atoms with Gasteiger partial charge in [-0.15, -0.1) is 0 Å². The molecule has 3 aliphatic rings. The van der Waals surface area contributed by atoms with Crippen molar-refractivity contribution in [1.29, 1.82) is 0 Å². The predicted octanol–water partition coefficient (Wildman–Crippen LogP) is 18.7. The monoisotopic (exact) mass is 981 g/mol. The summed E-state index contributed by atoms with van der Waals surface area (Å²) in [4.78, 5) is 9.94. The highest BCUT2D eigenvalue weighted by atomic mass is 16.5. The Morgan fingerprint density at radius 2 is 1.05 bits per heavy atom. The third kappa shape index (κ3) is 8.41. The number of rotatable bonds is 9. The van der Waals surface area contributed by atoms with Crippen molar-refractivity contribution < 1.29 is 9.47 Å². The fourth-order valence-electron chi connectivity index (χ4n) is 12.4. The van der Waals surface area contributed by atoms with Crippen molar-refractivity contribution in [2.45, 2.75) is 96.8 Å². The van der Waals surface area contributed by atoms with Gasteiger partial charge in [0.1, 0.15) is 35.5 Å². The van der Waals surface area contributed by atoms with Crippen LogP contribution in [0.25, 0.3) is 49.9 Å². The standard InChI is InChI=1S/C69H64N4O2/c1-68(2,3)48-38-49(69(4,5)6)40-51(39-48)72-44-71(60-32-15-16-33-61(60)72)50-26-19-27-52(41-50)74-53-34-35-56-55-28-13-14-31-59(55)73(62(56)42-53)63-43-54(36-37-70-63)75-67-65(46-20-9-7-10-21-46)57-29-17-24-45-25-18-30-58(64(45)57)66(67)47-22-11-8-12-23-47/h7-16,19-23,26-28,31-43,45H,17-18,24-25,29-30,44H2,1-6H3. The van der Waals surface area contributed by atoms with E-state index in [1.54, 1.807) is 5.56 Å². The van der Waals surface area contributed by atoms with Crippen LogP contribution in [0.4, 0.5) is 22.7 Å². The minimum Gasteiger partial charge on any atom is -0.457 e. The van der Waals surface area contributed by atoms with Crippen LogP contribution in [-0.2, 0) is 23.7 Å². The van der Waals surface area contributed by atoms with Gasteiger partial charge in [-0.2, -0.15) is 0 Å². The van der Waals surface area contributed by atoms with Crippen LogP contribution in [0.15, 0.2) is 188 Å². The largest absolute Gasteiger partial charge is 0.457 e. The molecule has 8 aromatic carbocycles. The van der Waals surface area contributed by atoms with Gasteiger partial charge in [0.05, 0.1) is 22.4 Å². The Morgan fingerprint density at radius 1 is 0.480 bits per heavy atom. The van der Waals surface area contributed by atoms with Gasteiger partial charge in [-0.3, -0.25) is 4.57 Å². The Morgan fingerprint density at radius 3 is 1.71 bits per heavy atom. The van der Waals surface area contributed by atoms with E-state index in [0.29, 0.717) is 12.6 Å². The maximum absolute atomic E-state index is 7.44. The molecule has 2 aliphatic carbocycles. The fraction of sp³-hybridized carbons (Fsp3) is 0.232. The van der Waals surface area contributed by atoms with E-state index in [0.717, 1.165) is 69.2 Å². The molecule has 0 bridgehead atoms. The number of ether oxygens (including phenoxy) is 2. The first-order valence-electron chi connectivity index (χ1n) is 27.0. The molecular formula is C69H64N4O2. The number of benzene rings is 8. The molecule has 0 saturated heterocycles. The van der Waals surface area contributed by atoms with Gasteiger partial charge in [-0.1, -0.05) is 145 Å². The molecule has 0 fully saturated rings. The molecule has 0 amide bonds. The number of para-hydroxylation sites is 3. The molecule has 6 heteroatoms. The quantitative estimate of drug-likeness (QED) is 0.144. The number of nitrogens with zero attached hydrogens (tertiary/aromatic N) is 4. The molecule has 2 aromatic heterocycles. The summed E-state index contributed by atoms with van der Waals surface area (Å²) in [6.45, 7) is 14.5. The van der Waals surface area contributed by atoms with Gasteiger partial charge >= 0.3 is 0 Å². The first kappa shape index (κ1) is 46.7. The van der Waals surface area contributed by atoms with Gasteiger partial charge in [0.15, 0.2) is 0 Å². The van der Waals surface area contributed by atoms with Gasteiger partial charge in [-0.25, -0.2) is 4.98 Å². The van der Waals surface area contributed by atoms with Crippen LogP contribution in [0.3, 0.4) is 0 Å². The van der Waals surface area contributed by atoms with Crippen molar-refractivity contribution in [1.82, 2.24) is 9.55 Å². The minimum atomic E-state index is 0.00889. The molecule has 13 rings (SSSR count). The van der Waals surface area contributed by atoms with Gasteiger partial charge in [0, 0.05) is 57.7 Å². The Kier molecular flexibility index (Phi) is 11.4. The maximum Gasteiger partial charge on any atom is 0.143 e. The Bertz CT molecular complexity index is 3700. The van der Waals surface area contributed by atoms with E-state index >= 15 is 0 Å². The van der Waals surface area contributed by atoms with E-state index in [1.807, 2.05) is 12.3 Å². The van der Waals surface area contributed by atoms with Crippen LogP contribution in [-0.4, -0.2) is 16.2 Å². The van der Waals surface area contributed by atoms with E-state index in [2.05, 4.69) is 232 Å². The molecule has 0 radical (unpaired) electrons. The lowest BCUT2D eigenvalue weighted by Crippen LogP contribution is -2.25. The van der Waals surface area contributed by atoms with Gasteiger partial charge < -0.3 is 19.3 Å². The number of fused-ring (bicyclic) bond motifs is 4. The topological polar surface area (TPSA) is 42.8 Å². The third-order valence-corrected chi connectivity index (χ3v) is 16.1. The fourth-order valence-corrected chi connectivity index (χ4v) is 12.4. The number of pyridine rings is 1. The molecule has 0 spiro atoms. The highest BCUT2D eigenvalue weighted by molar-refractivity contribution is 6.09. The summed E-state index contributed by atoms with van der Waals surface area (Å²) >= 11 is 0. The number of hydrogen-bond donors (Lipinski definition) is 0. The van der Waals surface area contributed by atoms with Crippen LogP contribution in [0.5, 0.6) is 23.0 Å². The van der Waals surface area contributed by atoms with Crippen molar-refractivity contribution in [2.24, 2.45) is 0 Å². The molecule has 6 nitrogen and oxygen atoms in total. The van der Waals surface area contributed by atoms with Crippen LogP contribution < -0.4 is 19.3 Å². The molecule has 0 N–H and O–H groups in total. The van der Waals surface area contributed by atoms with Crippen LogP contribution in [0, 0.1) is 0 Å².